The maximum atomic E-state index is 12.2. The van der Waals surface area contributed by atoms with E-state index in [0.29, 0.717) is 19.1 Å². The van der Waals surface area contributed by atoms with Crippen molar-refractivity contribution in [1.29, 1.82) is 0 Å². The summed E-state index contributed by atoms with van der Waals surface area (Å²) in [4.78, 5) is 12.2. The number of ketones is 1. The van der Waals surface area contributed by atoms with E-state index in [9.17, 15) is 4.79 Å². The number of hydrogen-bond acceptors (Lipinski definition) is 3. The molecule has 0 bridgehead atoms. The normalized spacial score (nSPS) is 16.7. The summed E-state index contributed by atoms with van der Waals surface area (Å²) in [6.07, 6.45) is 3.93. The molecule has 3 nitrogen and oxygen atoms in total. The van der Waals surface area contributed by atoms with Crippen molar-refractivity contribution in [1.82, 2.24) is 5.32 Å². The van der Waals surface area contributed by atoms with E-state index in [1.807, 2.05) is 12.1 Å². The van der Waals surface area contributed by atoms with E-state index in [-0.39, 0.29) is 11.2 Å². The highest BCUT2D eigenvalue weighted by molar-refractivity contribution is 5.96. The summed E-state index contributed by atoms with van der Waals surface area (Å²) >= 11 is 0. The van der Waals surface area contributed by atoms with Crippen LogP contribution in [0, 0.1) is 0 Å². The van der Waals surface area contributed by atoms with Crippen LogP contribution in [0.5, 0.6) is 0 Å². The van der Waals surface area contributed by atoms with Gasteiger partial charge < -0.3 is 10.1 Å². The first-order valence-electron chi connectivity index (χ1n) is 8.43. The zero-order valence-corrected chi connectivity index (χ0v) is 14.2. The van der Waals surface area contributed by atoms with Gasteiger partial charge in [0.2, 0.25) is 0 Å². The molecular formula is C19H29NO2. The molecule has 22 heavy (non-hydrogen) atoms. The predicted molar refractivity (Wildman–Crippen MR) is 90.6 cm³/mol. The molecule has 1 aliphatic heterocycles. The van der Waals surface area contributed by atoms with Crippen molar-refractivity contribution in [2.24, 2.45) is 0 Å². The van der Waals surface area contributed by atoms with E-state index in [1.165, 1.54) is 5.56 Å². The number of hydrogen-bond donors (Lipinski definition) is 1. The molecule has 2 rings (SSSR count). The van der Waals surface area contributed by atoms with Crippen LogP contribution in [0.1, 0.15) is 62.4 Å². The predicted octanol–water partition coefficient (Wildman–Crippen LogP) is 3.72. The average molecular weight is 303 g/mol. The summed E-state index contributed by atoms with van der Waals surface area (Å²) in [5.41, 5.74) is 2.21. The summed E-state index contributed by atoms with van der Waals surface area (Å²) in [7, 11) is 0. The van der Waals surface area contributed by atoms with Crippen molar-refractivity contribution in [2.45, 2.75) is 58.0 Å². The third kappa shape index (κ3) is 5.22. The smallest absolute Gasteiger partial charge is 0.162 e. The molecule has 0 amide bonds. The Labute approximate surface area is 134 Å². The number of benzene rings is 1. The minimum Gasteiger partial charge on any atom is -0.378 e. The Morgan fingerprint density at radius 2 is 1.82 bits per heavy atom. The van der Waals surface area contributed by atoms with E-state index >= 15 is 0 Å². The molecule has 0 aromatic heterocycles. The first kappa shape index (κ1) is 17.2. The zero-order valence-electron chi connectivity index (χ0n) is 14.2. The van der Waals surface area contributed by atoms with Gasteiger partial charge in [0.15, 0.2) is 5.78 Å². The Bertz CT molecular complexity index is 467. The molecule has 3 heteroatoms. The van der Waals surface area contributed by atoms with Gasteiger partial charge in [0.05, 0.1) is 6.10 Å². The minimum absolute atomic E-state index is 0.129. The lowest BCUT2D eigenvalue weighted by Gasteiger charge is -2.22. The molecule has 1 aliphatic rings. The zero-order chi connectivity index (χ0) is 16.0. The van der Waals surface area contributed by atoms with Crippen molar-refractivity contribution in [3.63, 3.8) is 0 Å². The third-order valence-corrected chi connectivity index (χ3v) is 4.26. The van der Waals surface area contributed by atoms with Crippen molar-refractivity contribution in [3.8, 4) is 0 Å². The number of piperidine rings is 1. The molecule has 0 spiro atoms. The molecule has 1 aromatic carbocycles. The molecule has 1 aromatic rings. The highest BCUT2D eigenvalue weighted by Crippen LogP contribution is 2.22. The van der Waals surface area contributed by atoms with Crippen LogP contribution in [0.4, 0.5) is 0 Å². The largest absolute Gasteiger partial charge is 0.378 e. The average Bonchev–Trinajstić information content (AvgIpc) is 2.52. The molecule has 0 saturated carbocycles. The first-order chi connectivity index (χ1) is 10.5. The monoisotopic (exact) mass is 303 g/mol. The number of Topliss-reactive ketones (excluding diaryl/α,β-unsaturated/α-hetero) is 1. The standard InChI is InChI=1S/C19H29NO2/c1-19(2,3)16-8-6-15(7-9-16)18(21)5-4-14-22-17-10-12-20-13-11-17/h6-9,17,20H,4-5,10-14H2,1-3H3. The first-order valence-corrected chi connectivity index (χ1v) is 8.43. The van der Waals surface area contributed by atoms with Crippen LogP contribution in [0.2, 0.25) is 0 Å². The number of nitrogens with one attached hydrogen (secondary N) is 1. The van der Waals surface area contributed by atoms with Gasteiger partial charge in [-0.2, -0.15) is 0 Å². The van der Waals surface area contributed by atoms with E-state index in [2.05, 4.69) is 38.2 Å². The van der Waals surface area contributed by atoms with Gasteiger partial charge in [0.1, 0.15) is 0 Å². The van der Waals surface area contributed by atoms with Crippen LogP contribution in [-0.2, 0) is 10.2 Å². The maximum Gasteiger partial charge on any atom is 0.162 e. The Kier molecular flexibility index (Phi) is 6.16. The molecule has 0 aliphatic carbocycles. The SMILES string of the molecule is CC(C)(C)c1ccc(C(=O)CCCOC2CCNCC2)cc1. The third-order valence-electron chi connectivity index (χ3n) is 4.26. The lowest BCUT2D eigenvalue weighted by Crippen LogP contribution is -2.32. The van der Waals surface area contributed by atoms with Crippen LogP contribution in [0.3, 0.4) is 0 Å². The van der Waals surface area contributed by atoms with Crippen LogP contribution in [0.25, 0.3) is 0 Å². The maximum absolute atomic E-state index is 12.2. The Morgan fingerprint density at radius 1 is 1.18 bits per heavy atom. The van der Waals surface area contributed by atoms with E-state index in [0.717, 1.165) is 37.9 Å². The van der Waals surface area contributed by atoms with Crippen molar-refractivity contribution < 1.29 is 9.53 Å². The lowest BCUT2D eigenvalue weighted by atomic mass is 9.86. The van der Waals surface area contributed by atoms with Crippen molar-refractivity contribution in [3.05, 3.63) is 35.4 Å². The number of ether oxygens (including phenoxy) is 1. The summed E-state index contributed by atoms with van der Waals surface area (Å²) in [5, 5.41) is 3.33. The molecule has 122 valence electrons. The van der Waals surface area contributed by atoms with Gasteiger partial charge in [-0.25, -0.2) is 0 Å². The summed E-state index contributed by atoms with van der Waals surface area (Å²) in [5.74, 6) is 0.217. The minimum atomic E-state index is 0.129. The van der Waals surface area contributed by atoms with Gasteiger partial charge in [0, 0.05) is 18.6 Å². The van der Waals surface area contributed by atoms with Gasteiger partial charge in [-0.1, -0.05) is 45.0 Å². The van der Waals surface area contributed by atoms with E-state index in [1.54, 1.807) is 0 Å². The molecule has 1 N–H and O–H groups in total. The fourth-order valence-electron chi connectivity index (χ4n) is 2.75. The second-order valence-electron chi connectivity index (χ2n) is 7.17. The van der Waals surface area contributed by atoms with Crippen LogP contribution >= 0.6 is 0 Å². The van der Waals surface area contributed by atoms with Crippen molar-refractivity contribution >= 4 is 5.78 Å². The van der Waals surface area contributed by atoms with Crippen LogP contribution < -0.4 is 5.32 Å². The van der Waals surface area contributed by atoms with Gasteiger partial charge in [-0.15, -0.1) is 0 Å². The molecule has 0 unspecified atom stereocenters. The van der Waals surface area contributed by atoms with Crippen LogP contribution in [-0.4, -0.2) is 31.6 Å². The highest BCUT2D eigenvalue weighted by Gasteiger charge is 2.15. The number of carbonyl (C=O) groups excluding carboxylic acids is 1. The molecule has 0 radical (unpaired) electrons. The van der Waals surface area contributed by atoms with Gasteiger partial charge in [-0.3, -0.25) is 4.79 Å². The lowest BCUT2D eigenvalue weighted by molar-refractivity contribution is 0.0307. The molecular weight excluding hydrogens is 274 g/mol. The number of carbonyl (C=O) groups is 1. The fourth-order valence-corrected chi connectivity index (χ4v) is 2.75. The molecule has 1 fully saturated rings. The molecule has 0 atom stereocenters. The number of rotatable bonds is 6. The van der Waals surface area contributed by atoms with Gasteiger partial charge >= 0.3 is 0 Å². The molecule has 1 saturated heterocycles. The second kappa shape index (κ2) is 7.89. The summed E-state index contributed by atoms with van der Waals surface area (Å²) < 4.78 is 5.84. The Morgan fingerprint density at radius 3 is 2.41 bits per heavy atom. The van der Waals surface area contributed by atoms with Gasteiger partial charge in [-0.05, 0) is 43.3 Å². The fraction of sp³-hybridized carbons (Fsp3) is 0.632. The topological polar surface area (TPSA) is 38.3 Å². The Hall–Kier alpha value is -1.19. The summed E-state index contributed by atoms with van der Waals surface area (Å²) in [6.45, 7) is 9.33. The highest BCUT2D eigenvalue weighted by atomic mass is 16.5. The van der Waals surface area contributed by atoms with Gasteiger partial charge in [0.25, 0.3) is 0 Å². The van der Waals surface area contributed by atoms with E-state index < -0.39 is 0 Å². The molecule has 1 heterocycles. The second-order valence-corrected chi connectivity index (χ2v) is 7.17. The Balaban J connectivity index is 1.72. The van der Waals surface area contributed by atoms with E-state index in [4.69, 9.17) is 4.74 Å². The van der Waals surface area contributed by atoms with Crippen LogP contribution in [0.15, 0.2) is 24.3 Å². The quantitative estimate of drug-likeness (QED) is 0.643. The summed E-state index contributed by atoms with van der Waals surface area (Å²) in [6, 6.07) is 8.05. The van der Waals surface area contributed by atoms with Crippen molar-refractivity contribution in [2.75, 3.05) is 19.7 Å².